The van der Waals surface area contributed by atoms with Crippen molar-refractivity contribution in [2.45, 2.75) is 56.8 Å². The molecular formula is C13H21N3O. The largest absolute Gasteiger partial charge is 0.393 e. The SMILES string of the molecule is OC1CC2CCC(C1)N2CCCn1ccnc1. The van der Waals surface area contributed by atoms with Gasteiger partial charge in [0.15, 0.2) is 0 Å². The van der Waals surface area contributed by atoms with E-state index in [2.05, 4.69) is 14.5 Å². The van der Waals surface area contributed by atoms with Crippen LogP contribution in [0.3, 0.4) is 0 Å². The van der Waals surface area contributed by atoms with E-state index in [1.165, 1.54) is 25.8 Å². The van der Waals surface area contributed by atoms with Crippen molar-refractivity contribution < 1.29 is 5.11 Å². The average molecular weight is 235 g/mol. The first kappa shape index (κ1) is 11.2. The maximum atomic E-state index is 9.74. The third kappa shape index (κ3) is 2.38. The Kier molecular flexibility index (Phi) is 3.16. The van der Waals surface area contributed by atoms with Crippen LogP contribution in [-0.2, 0) is 6.54 Å². The molecule has 4 heteroatoms. The van der Waals surface area contributed by atoms with Crippen LogP contribution in [0.1, 0.15) is 32.1 Å². The van der Waals surface area contributed by atoms with Crippen molar-refractivity contribution in [3.8, 4) is 0 Å². The summed E-state index contributed by atoms with van der Waals surface area (Å²) in [6.07, 6.45) is 11.4. The molecule has 2 saturated heterocycles. The second kappa shape index (κ2) is 4.78. The summed E-state index contributed by atoms with van der Waals surface area (Å²) in [5.74, 6) is 0. The zero-order valence-corrected chi connectivity index (χ0v) is 10.2. The van der Waals surface area contributed by atoms with E-state index in [-0.39, 0.29) is 6.10 Å². The van der Waals surface area contributed by atoms with Crippen LogP contribution < -0.4 is 0 Å². The summed E-state index contributed by atoms with van der Waals surface area (Å²) in [7, 11) is 0. The minimum atomic E-state index is -0.0441. The molecule has 0 aromatic carbocycles. The first-order valence-electron chi connectivity index (χ1n) is 6.72. The van der Waals surface area contributed by atoms with Gasteiger partial charge in [-0.1, -0.05) is 0 Å². The number of aliphatic hydroxyl groups is 1. The van der Waals surface area contributed by atoms with Crippen LogP contribution >= 0.6 is 0 Å². The van der Waals surface area contributed by atoms with Gasteiger partial charge in [0.2, 0.25) is 0 Å². The van der Waals surface area contributed by atoms with Crippen molar-refractivity contribution >= 4 is 0 Å². The molecule has 2 aliphatic heterocycles. The van der Waals surface area contributed by atoms with Gasteiger partial charge in [-0.25, -0.2) is 4.98 Å². The molecular weight excluding hydrogens is 214 g/mol. The fourth-order valence-corrected chi connectivity index (χ4v) is 3.47. The van der Waals surface area contributed by atoms with Crippen molar-refractivity contribution in [3.63, 3.8) is 0 Å². The van der Waals surface area contributed by atoms with Gasteiger partial charge < -0.3 is 9.67 Å². The molecule has 2 unspecified atom stereocenters. The summed E-state index contributed by atoms with van der Waals surface area (Å²) < 4.78 is 2.14. The van der Waals surface area contributed by atoms with Gasteiger partial charge in [0.1, 0.15) is 0 Å². The Morgan fingerprint density at radius 2 is 1.94 bits per heavy atom. The zero-order chi connectivity index (χ0) is 11.7. The Bertz CT molecular complexity index is 338. The van der Waals surface area contributed by atoms with Crippen molar-refractivity contribution in [3.05, 3.63) is 18.7 Å². The maximum absolute atomic E-state index is 9.74. The quantitative estimate of drug-likeness (QED) is 0.854. The summed E-state index contributed by atoms with van der Waals surface area (Å²) in [6.45, 7) is 2.22. The predicted octanol–water partition coefficient (Wildman–Crippen LogP) is 1.26. The van der Waals surface area contributed by atoms with E-state index in [0.717, 1.165) is 19.4 Å². The highest BCUT2D eigenvalue weighted by molar-refractivity contribution is 4.95. The Balaban J connectivity index is 1.49. The highest BCUT2D eigenvalue weighted by Gasteiger charge is 2.39. The van der Waals surface area contributed by atoms with Crippen molar-refractivity contribution in [1.82, 2.24) is 14.5 Å². The molecule has 3 heterocycles. The molecule has 2 bridgehead atoms. The number of nitrogens with zero attached hydrogens (tertiary/aromatic N) is 3. The number of hydrogen-bond donors (Lipinski definition) is 1. The predicted molar refractivity (Wildman–Crippen MR) is 65.6 cm³/mol. The highest BCUT2D eigenvalue weighted by atomic mass is 16.3. The van der Waals surface area contributed by atoms with Crippen LogP contribution in [0.2, 0.25) is 0 Å². The number of aryl methyl sites for hydroxylation is 1. The van der Waals surface area contributed by atoms with Gasteiger partial charge in [-0.05, 0) is 32.1 Å². The number of fused-ring (bicyclic) bond motifs is 2. The molecule has 17 heavy (non-hydrogen) atoms. The van der Waals surface area contributed by atoms with Gasteiger partial charge in [-0.15, -0.1) is 0 Å². The second-order valence-electron chi connectivity index (χ2n) is 5.40. The maximum Gasteiger partial charge on any atom is 0.0945 e. The number of rotatable bonds is 4. The van der Waals surface area contributed by atoms with Crippen LogP contribution in [0.15, 0.2) is 18.7 Å². The summed E-state index contributed by atoms with van der Waals surface area (Å²) >= 11 is 0. The van der Waals surface area contributed by atoms with Crippen LogP contribution in [-0.4, -0.2) is 44.3 Å². The smallest absolute Gasteiger partial charge is 0.0945 e. The lowest BCUT2D eigenvalue weighted by Crippen LogP contribution is -2.45. The molecule has 0 aliphatic carbocycles. The van der Waals surface area contributed by atoms with E-state index in [0.29, 0.717) is 12.1 Å². The molecule has 1 N–H and O–H groups in total. The number of imidazole rings is 1. The minimum absolute atomic E-state index is 0.0441. The highest BCUT2D eigenvalue weighted by Crippen LogP contribution is 2.35. The minimum Gasteiger partial charge on any atom is -0.393 e. The molecule has 0 amide bonds. The van der Waals surface area contributed by atoms with E-state index in [9.17, 15) is 5.11 Å². The second-order valence-corrected chi connectivity index (χ2v) is 5.40. The molecule has 3 rings (SSSR count). The van der Waals surface area contributed by atoms with Crippen molar-refractivity contribution in [2.75, 3.05) is 6.54 Å². The van der Waals surface area contributed by atoms with Gasteiger partial charge in [-0.2, -0.15) is 0 Å². The molecule has 0 saturated carbocycles. The average Bonchev–Trinajstić information content (AvgIpc) is 2.88. The third-order valence-corrected chi connectivity index (χ3v) is 4.25. The lowest BCUT2D eigenvalue weighted by atomic mass is 10.00. The number of aromatic nitrogens is 2. The lowest BCUT2D eigenvalue weighted by molar-refractivity contribution is 0.0344. The number of piperidine rings is 1. The first-order chi connectivity index (χ1) is 8.33. The van der Waals surface area contributed by atoms with Gasteiger partial charge in [0, 0.05) is 37.6 Å². The number of aliphatic hydroxyl groups excluding tert-OH is 1. The molecule has 2 aliphatic rings. The third-order valence-electron chi connectivity index (χ3n) is 4.25. The molecule has 1 aromatic rings. The summed E-state index contributed by atoms with van der Waals surface area (Å²) in [5, 5.41) is 9.74. The molecule has 2 atom stereocenters. The van der Waals surface area contributed by atoms with Crippen molar-refractivity contribution in [1.29, 1.82) is 0 Å². The van der Waals surface area contributed by atoms with Crippen LogP contribution in [0.4, 0.5) is 0 Å². The van der Waals surface area contributed by atoms with E-state index >= 15 is 0 Å². The molecule has 0 spiro atoms. The molecule has 0 radical (unpaired) electrons. The number of hydrogen-bond acceptors (Lipinski definition) is 3. The van der Waals surface area contributed by atoms with E-state index < -0.39 is 0 Å². The fraction of sp³-hybridized carbons (Fsp3) is 0.769. The Labute approximate surface area is 102 Å². The fourth-order valence-electron chi connectivity index (χ4n) is 3.47. The molecule has 1 aromatic heterocycles. The summed E-state index contributed by atoms with van der Waals surface area (Å²) in [5.41, 5.74) is 0. The first-order valence-corrected chi connectivity index (χ1v) is 6.72. The van der Waals surface area contributed by atoms with E-state index in [1.54, 1.807) is 0 Å². The standard InChI is InChI=1S/C13H21N3O/c17-13-8-11-2-3-12(9-13)16(11)6-1-5-15-7-4-14-10-15/h4,7,10-13,17H,1-3,5-6,8-9H2. The normalized spacial score (nSPS) is 33.1. The van der Waals surface area contributed by atoms with Gasteiger partial charge in [-0.3, -0.25) is 4.90 Å². The van der Waals surface area contributed by atoms with E-state index in [4.69, 9.17) is 0 Å². The van der Waals surface area contributed by atoms with Gasteiger partial charge in [0.25, 0.3) is 0 Å². The Hall–Kier alpha value is -0.870. The Morgan fingerprint density at radius 3 is 2.59 bits per heavy atom. The van der Waals surface area contributed by atoms with Crippen molar-refractivity contribution in [2.24, 2.45) is 0 Å². The molecule has 4 nitrogen and oxygen atoms in total. The summed E-state index contributed by atoms with van der Waals surface area (Å²) in [6, 6.07) is 1.29. The topological polar surface area (TPSA) is 41.3 Å². The van der Waals surface area contributed by atoms with Gasteiger partial charge >= 0.3 is 0 Å². The van der Waals surface area contributed by atoms with E-state index in [1.807, 2.05) is 18.7 Å². The zero-order valence-electron chi connectivity index (χ0n) is 10.2. The Morgan fingerprint density at radius 1 is 1.18 bits per heavy atom. The van der Waals surface area contributed by atoms with Crippen LogP contribution in [0, 0.1) is 0 Å². The monoisotopic (exact) mass is 235 g/mol. The van der Waals surface area contributed by atoms with Gasteiger partial charge in [0.05, 0.1) is 12.4 Å². The van der Waals surface area contributed by atoms with Crippen LogP contribution in [0.25, 0.3) is 0 Å². The molecule has 94 valence electrons. The lowest BCUT2D eigenvalue weighted by Gasteiger charge is -2.37. The summed E-state index contributed by atoms with van der Waals surface area (Å²) in [4.78, 5) is 6.68. The van der Waals surface area contributed by atoms with Crippen LogP contribution in [0.5, 0.6) is 0 Å². The molecule has 2 fully saturated rings.